The third-order valence-electron chi connectivity index (χ3n) is 3.23. The van der Waals surface area contributed by atoms with E-state index in [2.05, 4.69) is 27.2 Å². The van der Waals surface area contributed by atoms with Gasteiger partial charge in [0.1, 0.15) is 5.02 Å². The van der Waals surface area contributed by atoms with Crippen molar-refractivity contribution in [3.63, 3.8) is 0 Å². The van der Waals surface area contributed by atoms with Crippen molar-refractivity contribution >= 4 is 23.4 Å². The van der Waals surface area contributed by atoms with Gasteiger partial charge in [-0.3, -0.25) is 5.43 Å². The minimum Gasteiger partial charge on any atom is -0.352 e. The summed E-state index contributed by atoms with van der Waals surface area (Å²) in [6.07, 6.45) is 6.36. The second-order valence-corrected chi connectivity index (χ2v) is 4.67. The molecule has 0 aliphatic carbocycles. The highest BCUT2D eigenvalue weighted by atomic mass is 35.5. The van der Waals surface area contributed by atoms with Gasteiger partial charge in [-0.25, -0.2) is 10.8 Å². The smallest absolute Gasteiger partial charge is 0.239 e. The van der Waals surface area contributed by atoms with E-state index in [-0.39, 0.29) is 0 Å². The molecule has 2 heterocycles. The van der Waals surface area contributed by atoms with Crippen molar-refractivity contribution in [2.75, 3.05) is 16.9 Å². The molecule has 5 nitrogen and oxygen atoms in total. The summed E-state index contributed by atoms with van der Waals surface area (Å²) in [5.41, 5.74) is 2.46. The molecule has 0 amide bonds. The number of piperidine rings is 1. The molecule has 0 bridgehead atoms. The molecule has 0 saturated carbocycles. The van der Waals surface area contributed by atoms with Crippen molar-refractivity contribution in [2.45, 2.75) is 38.6 Å². The van der Waals surface area contributed by atoms with Gasteiger partial charge in [0.25, 0.3) is 0 Å². The highest BCUT2D eigenvalue weighted by molar-refractivity contribution is 6.32. The van der Waals surface area contributed by atoms with Crippen molar-refractivity contribution in [3.05, 3.63) is 11.2 Å². The van der Waals surface area contributed by atoms with E-state index in [4.69, 9.17) is 17.4 Å². The molecule has 2 rings (SSSR count). The van der Waals surface area contributed by atoms with Gasteiger partial charge in [-0.15, -0.1) is 0 Å². The number of hydrogen-bond donors (Lipinski definition) is 2. The highest BCUT2D eigenvalue weighted by Gasteiger charge is 2.24. The zero-order valence-electron chi connectivity index (χ0n) is 9.99. The number of hydrogen-bond acceptors (Lipinski definition) is 5. The molecule has 94 valence electrons. The van der Waals surface area contributed by atoms with Crippen molar-refractivity contribution in [1.82, 2.24) is 9.97 Å². The number of halogens is 1. The van der Waals surface area contributed by atoms with Crippen molar-refractivity contribution in [2.24, 2.45) is 5.84 Å². The maximum atomic E-state index is 6.17. The second-order valence-electron chi connectivity index (χ2n) is 4.26. The van der Waals surface area contributed by atoms with Crippen LogP contribution in [-0.4, -0.2) is 22.6 Å². The fourth-order valence-corrected chi connectivity index (χ4v) is 2.53. The average Bonchev–Trinajstić information content (AvgIpc) is 2.39. The maximum Gasteiger partial charge on any atom is 0.239 e. The molecule has 1 aromatic rings. The molecular formula is C11H18ClN5. The summed E-state index contributed by atoms with van der Waals surface area (Å²) in [5, 5.41) is 0.587. The van der Waals surface area contributed by atoms with Crippen LogP contribution in [0.3, 0.4) is 0 Å². The predicted molar refractivity (Wildman–Crippen MR) is 70.1 cm³/mol. The van der Waals surface area contributed by atoms with Crippen molar-refractivity contribution < 1.29 is 0 Å². The number of nitrogens with zero attached hydrogens (tertiary/aromatic N) is 3. The molecule has 1 aromatic heterocycles. The van der Waals surface area contributed by atoms with E-state index in [0.29, 0.717) is 17.0 Å². The number of aromatic nitrogens is 2. The van der Waals surface area contributed by atoms with Crippen LogP contribution < -0.4 is 16.2 Å². The molecule has 0 radical (unpaired) electrons. The first-order valence-electron chi connectivity index (χ1n) is 6.02. The Morgan fingerprint density at radius 3 is 3.12 bits per heavy atom. The average molecular weight is 256 g/mol. The SMILES string of the molecule is CCC1CCCCN1c1nc(NN)ncc1Cl. The van der Waals surface area contributed by atoms with Gasteiger partial charge in [0.2, 0.25) is 5.95 Å². The largest absolute Gasteiger partial charge is 0.352 e. The Balaban J connectivity index is 2.30. The zero-order valence-corrected chi connectivity index (χ0v) is 10.7. The van der Waals surface area contributed by atoms with Crippen LogP contribution in [0.2, 0.25) is 5.02 Å². The van der Waals surface area contributed by atoms with Crippen LogP contribution in [-0.2, 0) is 0 Å². The summed E-state index contributed by atoms with van der Waals surface area (Å²) >= 11 is 6.17. The predicted octanol–water partition coefficient (Wildman–Crippen LogP) is 2.18. The minimum atomic E-state index is 0.407. The number of rotatable bonds is 3. The van der Waals surface area contributed by atoms with Crippen LogP contribution in [0.1, 0.15) is 32.6 Å². The molecule has 6 heteroatoms. The number of nitrogen functional groups attached to an aromatic ring is 1. The monoisotopic (exact) mass is 255 g/mol. The molecule has 1 aliphatic rings. The number of nitrogens with two attached hydrogens (primary N) is 1. The molecule has 0 spiro atoms. The molecule has 17 heavy (non-hydrogen) atoms. The highest BCUT2D eigenvalue weighted by Crippen LogP contribution is 2.30. The van der Waals surface area contributed by atoms with Gasteiger partial charge < -0.3 is 4.90 Å². The third kappa shape index (κ3) is 2.61. The first kappa shape index (κ1) is 12.4. The zero-order chi connectivity index (χ0) is 12.3. The Morgan fingerprint density at radius 1 is 1.59 bits per heavy atom. The molecule has 3 N–H and O–H groups in total. The van der Waals surface area contributed by atoms with E-state index in [9.17, 15) is 0 Å². The van der Waals surface area contributed by atoms with Gasteiger partial charge in [-0.05, 0) is 25.7 Å². The lowest BCUT2D eigenvalue weighted by molar-refractivity contribution is 0.447. The summed E-state index contributed by atoms with van der Waals surface area (Å²) in [6, 6.07) is 0.516. The first-order chi connectivity index (χ1) is 8.26. The van der Waals surface area contributed by atoms with Crippen LogP contribution in [0.15, 0.2) is 6.20 Å². The number of hydrazine groups is 1. The van der Waals surface area contributed by atoms with E-state index in [1.807, 2.05) is 0 Å². The van der Waals surface area contributed by atoms with Gasteiger partial charge >= 0.3 is 0 Å². The first-order valence-corrected chi connectivity index (χ1v) is 6.39. The molecule has 1 unspecified atom stereocenters. The van der Waals surface area contributed by atoms with Crippen molar-refractivity contribution in [3.8, 4) is 0 Å². The van der Waals surface area contributed by atoms with Gasteiger partial charge in [0.15, 0.2) is 5.82 Å². The minimum absolute atomic E-state index is 0.407. The molecule has 1 saturated heterocycles. The van der Waals surface area contributed by atoms with Crippen molar-refractivity contribution in [1.29, 1.82) is 0 Å². The normalized spacial score (nSPS) is 20.4. The van der Waals surface area contributed by atoms with E-state index >= 15 is 0 Å². The Bertz CT molecular complexity index is 384. The standard InChI is InChI=1S/C11H18ClN5/c1-2-8-5-3-4-6-17(8)10-9(12)7-14-11(15-10)16-13/h7-8H,2-6,13H2,1H3,(H,14,15,16). The number of nitrogens with one attached hydrogen (secondary N) is 1. The third-order valence-corrected chi connectivity index (χ3v) is 3.49. The fourth-order valence-electron chi connectivity index (χ4n) is 2.33. The van der Waals surface area contributed by atoms with E-state index in [1.165, 1.54) is 19.3 Å². The molecular weight excluding hydrogens is 238 g/mol. The van der Waals surface area contributed by atoms with Gasteiger partial charge in [-0.2, -0.15) is 4.98 Å². The van der Waals surface area contributed by atoms with E-state index < -0.39 is 0 Å². The fraction of sp³-hybridized carbons (Fsp3) is 0.636. The summed E-state index contributed by atoms with van der Waals surface area (Å²) in [4.78, 5) is 10.6. The lowest BCUT2D eigenvalue weighted by Crippen LogP contribution is -2.40. The topological polar surface area (TPSA) is 67.1 Å². The van der Waals surface area contributed by atoms with Crippen LogP contribution in [0.25, 0.3) is 0 Å². The van der Waals surface area contributed by atoms with E-state index in [0.717, 1.165) is 18.8 Å². The Morgan fingerprint density at radius 2 is 2.41 bits per heavy atom. The van der Waals surface area contributed by atoms with Gasteiger partial charge in [0.05, 0.1) is 6.20 Å². The Kier molecular flexibility index (Phi) is 4.02. The molecule has 1 aliphatic heterocycles. The maximum absolute atomic E-state index is 6.17. The van der Waals surface area contributed by atoms with E-state index in [1.54, 1.807) is 6.20 Å². The quantitative estimate of drug-likeness (QED) is 0.640. The summed E-state index contributed by atoms with van der Waals surface area (Å²) in [6.45, 7) is 3.19. The summed E-state index contributed by atoms with van der Waals surface area (Å²) < 4.78 is 0. The Hall–Kier alpha value is -1.07. The van der Waals surface area contributed by atoms with Crippen LogP contribution >= 0.6 is 11.6 Å². The Labute approximate surface area is 106 Å². The second kappa shape index (κ2) is 5.51. The van der Waals surface area contributed by atoms with Crippen LogP contribution in [0.4, 0.5) is 11.8 Å². The van der Waals surface area contributed by atoms with Crippen LogP contribution in [0, 0.1) is 0 Å². The molecule has 0 aromatic carbocycles. The van der Waals surface area contributed by atoms with Gasteiger partial charge in [-0.1, -0.05) is 18.5 Å². The van der Waals surface area contributed by atoms with Gasteiger partial charge in [0, 0.05) is 12.6 Å². The lowest BCUT2D eigenvalue weighted by atomic mass is 10.0. The van der Waals surface area contributed by atoms with Crippen LogP contribution in [0.5, 0.6) is 0 Å². The summed E-state index contributed by atoms with van der Waals surface area (Å²) in [7, 11) is 0. The number of anilines is 2. The summed E-state index contributed by atoms with van der Waals surface area (Å²) in [5.74, 6) is 6.53. The molecule has 1 atom stereocenters. The lowest BCUT2D eigenvalue weighted by Gasteiger charge is -2.36. The molecule has 1 fully saturated rings.